The Labute approximate surface area is 184 Å². The van der Waals surface area contributed by atoms with Crippen molar-refractivity contribution in [2.24, 2.45) is 0 Å². The zero-order chi connectivity index (χ0) is 21.8. The van der Waals surface area contributed by atoms with Crippen molar-refractivity contribution in [3.63, 3.8) is 0 Å². The molecule has 0 spiro atoms. The van der Waals surface area contributed by atoms with Gasteiger partial charge in [-0.1, -0.05) is 31.5 Å². The van der Waals surface area contributed by atoms with Gasteiger partial charge in [0.25, 0.3) is 0 Å². The van der Waals surface area contributed by atoms with Gasteiger partial charge in [0.1, 0.15) is 11.4 Å². The third kappa shape index (κ3) is 4.48. The van der Waals surface area contributed by atoms with Crippen molar-refractivity contribution in [1.82, 2.24) is 4.98 Å². The van der Waals surface area contributed by atoms with E-state index in [1.165, 1.54) is 0 Å². The monoisotopic (exact) mass is 430 g/mol. The van der Waals surface area contributed by atoms with Crippen molar-refractivity contribution in [3.8, 4) is 5.75 Å². The zero-order valence-electron chi connectivity index (χ0n) is 18.5. The van der Waals surface area contributed by atoms with Crippen molar-refractivity contribution >= 4 is 34.7 Å². The molecule has 1 aromatic heterocycles. The smallest absolute Gasteiger partial charge is 0.244 e. The van der Waals surface area contributed by atoms with E-state index in [0.29, 0.717) is 10.8 Å². The number of ether oxygens (including phenoxy) is 1. The maximum atomic E-state index is 12.7. The molecule has 0 bridgehead atoms. The predicted octanol–water partition coefficient (Wildman–Crippen LogP) is 5.20. The number of methoxy groups -OCH3 is 1. The minimum Gasteiger partial charge on any atom is -0.497 e. The number of aryl methyl sites for hydroxylation is 1. The molecule has 0 aliphatic carbocycles. The minimum atomic E-state index is -0.124. The molecule has 1 aliphatic rings. The highest BCUT2D eigenvalue weighted by molar-refractivity contribution is 6.31. The van der Waals surface area contributed by atoms with Crippen molar-refractivity contribution in [2.75, 3.05) is 41.9 Å². The number of amides is 1. The Hall–Kier alpha value is -2.47. The molecule has 2 aromatic rings. The Morgan fingerprint density at radius 3 is 2.57 bits per heavy atom. The second-order valence-corrected chi connectivity index (χ2v) is 8.12. The number of hydrogen-bond acceptors (Lipinski definition) is 5. The first-order valence-electron chi connectivity index (χ1n) is 10.6. The fourth-order valence-corrected chi connectivity index (χ4v) is 4.31. The molecule has 1 aliphatic heterocycles. The maximum Gasteiger partial charge on any atom is 0.244 e. The quantitative estimate of drug-likeness (QED) is 0.623. The van der Waals surface area contributed by atoms with E-state index in [9.17, 15) is 4.79 Å². The van der Waals surface area contributed by atoms with E-state index in [4.69, 9.17) is 21.3 Å². The molecule has 1 aromatic carbocycles. The molecule has 0 saturated heterocycles. The van der Waals surface area contributed by atoms with Crippen LogP contribution in [0.2, 0.25) is 5.02 Å². The maximum absolute atomic E-state index is 12.7. The van der Waals surface area contributed by atoms with Gasteiger partial charge in [0.2, 0.25) is 5.91 Å². The molecule has 0 radical (unpaired) electrons. The summed E-state index contributed by atoms with van der Waals surface area (Å²) in [6.07, 6.45) is 2.07. The topological polar surface area (TPSA) is 57.7 Å². The Morgan fingerprint density at radius 2 is 1.97 bits per heavy atom. The Balaban J connectivity index is 2.07. The van der Waals surface area contributed by atoms with E-state index in [-0.39, 0.29) is 18.5 Å². The standard InChI is InChI=1S/C23H31ClN4O2/c1-6-10-27(11-7-2)20-12-15(3)25-23-22(20)26-21(29)14-28(23)16(4)18-9-8-17(30-5)13-19(18)24/h8-9,12-13,16H,6-7,10-11,14H2,1-5H3,(H,26,29). The Morgan fingerprint density at radius 1 is 1.27 bits per heavy atom. The molecule has 1 N–H and O–H groups in total. The lowest BCUT2D eigenvalue weighted by Gasteiger charge is -2.38. The lowest BCUT2D eigenvalue weighted by atomic mass is 10.0. The molecule has 0 fully saturated rings. The summed E-state index contributed by atoms with van der Waals surface area (Å²) in [5.74, 6) is 1.46. The lowest BCUT2D eigenvalue weighted by molar-refractivity contribution is -0.115. The number of halogens is 1. The van der Waals surface area contributed by atoms with Gasteiger partial charge in [-0.05, 0) is 50.5 Å². The largest absolute Gasteiger partial charge is 0.497 e. The Kier molecular flexibility index (Phi) is 7.08. The highest BCUT2D eigenvalue weighted by atomic mass is 35.5. The first-order valence-corrected chi connectivity index (χ1v) is 10.9. The average Bonchev–Trinajstić information content (AvgIpc) is 2.72. The first-order chi connectivity index (χ1) is 14.4. The fraction of sp³-hybridized carbons (Fsp3) is 0.478. The summed E-state index contributed by atoms with van der Waals surface area (Å²) < 4.78 is 5.27. The minimum absolute atomic E-state index is 0.0427. The van der Waals surface area contributed by atoms with Crippen LogP contribution in [0.4, 0.5) is 17.2 Å². The molecule has 7 heteroatoms. The number of aromatic nitrogens is 1. The number of rotatable bonds is 8. The van der Waals surface area contributed by atoms with Gasteiger partial charge in [0.05, 0.1) is 25.4 Å². The molecule has 6 nitrogen and oxygen atoms in total. The Bertz CT molecular complexity index is 912. The second kappa shape index (κ2) is 9.56. The van der Waals surface area contributed by atoms with Gasteiger partial charge in [-0.15, -0.1) is 0 Å². The van der Waals surface area contributed by atoms with Crippen LogP contribution in [0.1, 0.15) is 50.9 Å². The lowest BCUT2D eigenvalue weighted by Crippen LogP contribution is -2.41. The number of pyridine rings is 1. The first kappa shape index (κ1) is 22.2. The normalized spacial score (nSPS) is 14.2. The number of carbonyl (C=O) groups is 1. The van der Waals surface area contributed by atoms with Crippen LogP contribution >= 0.6 is 11.6 Å². The van der Waals surface area contributed by atoms with Crippen LogP contribution in [0, 0.1) is 6.92 Å². The third-order valence-corrected chi connectivity index (χ3v) is 5.74. The predicted molar refractivity (Wildman–Crippen MR) is 124 cm³/mol. The molecule has 162 valence electrons. The van der Waals surface area contributed by atoms with Crippen molar-refractivity contribution in [3.05, 3.63) is 40.5 Å². The van der Waals surface area contributed by atoms with Crippen LogP contribution in [0.3, 0.4) is 0 Å². The number of nitrogens with one attached hydrogen (secondary N) is 1. The summed E-state index contributed by atoms with van der Waals surface area (Å²) >= 11 is 6.55. The number of anilines is 3. The highest BCUT2D eigenvalue weighted by Gasteiger charge is 2.32. The van der Waals surface area contributed by atoms with Crippen LogP contribution in [0.5, 0.6) is 5.75 Å². The second-order valence-electron chi connectivity index (χ2n) is 7.71. The molecule has 0 saturated carbocycles. The summed E-state index contributed by atoms with van der Waals surface area (Å²) in [6, 6.07) is 7.59. The molecule has 1 amide bonds. The molecular formula is C23H31ClN4O2. The van der Waals surface area contributed by atoms with Crippen molar-refractivity contribution in [2.45, 2.75) is 46.6 Å². The van der Waals surface area contributed by atoms with Gasteiger partial charge in [-0.25, -0.2) is 4.98 Å². The number of carbonyl (C=O) groups excluding carboxylic acids is 1. The van der Waals surface area contributed by atoms with E-state index in [2.05, 4.69) is 37.1 Å². The molecule has 1 atom stereocenters. The molecule has 30 heavy (non-hydrogen) atoms. The van der Waals surface area contributed by atoms with Gasteiger partial charge in [0, 0.05) is 23.8 Å². The highest BCUT2D eigenvalue weighted by Crippen LogP contribution is 2.42. The van der Waals surface area contributed by atoms with Crippen LogP contribution in [0.15, 0.2) is 24.3 Å². The van der Waals surface area contributed by atoms with Gasteiger partial charge in [0.15, 0.2) is 5.82 Å². The SMILES string of the molecule is CCCN(CCC)c1cc(C)nc2c1NC(=O)CN2C(C)c1ccc(OC)cc1Cl. The van der Waals surface area contributed by atoms with Crippen molar-refractivity contribution < 1.29 is 9.53 Å². The van der Waals surface area contributed by atoms with Crippen molar-refractivity contribution in [1.29, 1.82) is 0 Å². The van der Waals surface area contributed by atoms with Crippen LogP contribution in [-0.2, 0) is 4.79 Å². The molecular weight excluding hydrogens is 400 g/mol. The van der Waals surface area contributed by atoms with Gasteiger partial charge in [-0.3, -0.25) is 4.79 Å². The summed E-state index contributed by atoms with van der Waals surface area (Å²) in [7, 11) is 1.62. The molecule has 1 unspecified atom stereocenters. The van der Waals surface area contributed by atoms with E-state index < -0.39 is 0 Å². The number of fused-ring (bicyclic) bond motifs is 1. The third-order valence-electron chi connectivity index (χ3n) is 5.41. The summed E-state index contributed by atoms with van der Waals surface area (Å²) in [5, 5.41) is 3.70. The fourth-order valence-electron chi connectivity index (χ4n) is 3.98. The van der Waals surface area contributed by atoms with E-state index in [1.54, 1.807) is 13.2 Å². The number of benzene rings is 1. The van der Waals surface area contributed by atoms with Crippen LogP contribution in [-0.4, -0.2) is 37.6 Å². The van der Waals surface area contributed by atoms with Gasteiger partial charge in [-0.2, -0.15) is 0 Å². The zero-order valence-corrected chi connectivity index (χ0v) is 19.2. The van der Waals surface area contributed by atoms with E-state index in [0.717, 1.165) is 54.4 Å². The van der Waals surface area contributed by atoms with E-state index >= 15 is 0 Å². The molecule has 3 rings (SSSR count). The number of nitrogens with zero attached hydrogens (tertiary/aromatic N) is 3. The van der Waals surface area contributed by atoms with Gasteiger partial charge >= 0.3 is 0 Å². The average molecular weight is 431 g/mol. The summed E-state index contributed by atoms with van der Waals surface area (Å²) in [4.78, 5) is 21.9. The summed E-state index contributed by atoms with van der Waals surface area (Å²) in [5.41, 5.74) is 3.68. The summed E-state index contributed by atoms with van der Waals surface area (Å²) in [6.45, 7) is 10.5. The van der Waals surface area contributed by atoms with Gasteiger partial charge < -0.3 is 19.9 Å². The number of hydrogen-bond donors (Lipinski definition) is 1. The molecule has 2 heterocycles. The van der Waals surface area contributed by atoms with E-state index in [1.807, 2.05) is 24.0 Å². The van der Waals surface area contributed by atoms with Crippen LogP contribution < -0.4 is 19.9 Å². The van der Waals surface area contributed by atoms with Crippen LogP contribution in [0.25, 0.3) is 0 Å².